The van der Waals surface area contributed by atoms with Crippen molar-refractivity contribution >= 4 is 35.0 Å². The number of carbonyl (C=O) groups excluding carboxylic acids is 2. The molecule has 0 bridgehead atoms. The molecule has 2 heterocycles. The summed E-state index contributed by atoms with van der Waals surface area (Å²) >= 11 is 1.47. The Morgan fingerprint density at radius 2 is 1.81 bits per heavy atom. The number of nitrogens with zero attached hydrogens (tertiary/aromatic N) is 3. The molecule has 7 heteroatoms. The number of thioether (sulfide) groups is 1. The van der Waals surface area contributed by atoms with Gasteiger partial charge in [0.15, 0.2) is 5.16 Å². The summed E-state index contributed by atoms with van der Waals surface area (Å²) in [7, 11) is 0. The van der Waals surface area contributed by atoms with Gasteiger partial charge in [-0.1, -0.05) is 42.1 Å². The summed E-state index contributed by atoms with van der Waals surface area (Å²) in [5.74, 6) is -0.265. The van der Waals surface area contributed by atoms with Crippen molar-refractivity contribution in [3.05, 3.63) is 66.0 Å². The summed E-state index contributed by atoms with van der Waals surface area (Å²) in [5.41, 5.74) is 4.88. The van der Waals surface area contributed by atoms with Crippen LogP contribution in [-0.4, -0.2) is 33.2 Å². The van der Waals surface area contributed by atoms with Gasteiger partial charge in [-0.25, -0.2) is 4.98 Å². The molecular weight excluding hydrogens is 408 g/mol. The third-order valence-corrected chi connectivity index (χ3v) is 6.82. The van der Waals surface area contributed by atoms with Gasteiger partial charge in [0.1, 0.15) is 6.54 Å². The van der Waals surface area contributed by atoms with Crippen molar-refractivity contribution in [3.8, 4) is 5.69 Å². The maximum atomic E-state index is 13.4. The fraction of sp³-hybridized carbons (Fsp3) is 0.292. The molecular formula is C24H24N4O2S. The van der Waals surface area contributed by atoms with Gasteiger partial charge >= 0.3 is 0 Å². The number of imidazole rings is 1. The zero-order chi connectivity index (χ0) is 21.4. The lowest BCUT2D eigenvalue weighted by molar-refractivity contribution is -0.121. The van der Waals surface area contributed by atoms with Crippen molar-refractivity contribution in [1.29, 1.82) is 0 Å². The maximum absolute atomic E-state index is 13.4. The predicted octanol–water partition coefficient (Wildman–Crippen LogP) is 4.22. The van der Waals surface area contributed by atoms with Gasteiger partial charge in [-0.2, -0.15) is 0 Å². The van der Waals surface area contributed by atoms with E-state index in [0.717, 1.165) is 47.9 Å². The Morgan fingerprint density at radius 3 is 2.65 bits per heavy atom. The molecule has 1 aliphatic carbocycles. The van der Waals surface area contributed by atoms with Crippen LogP contribution >= 0.6 is 11.8 Å². The molecule has 1 aromatic heterocycles. The van der Waals surface area contributed by atoms with E-state index in [1.165, 1.54) is 17.5 Å². The standard InChI is InChI=1S/C24H24N4O2S/c1-16(23(30)27-15-22(29)25-18-11-5-7-13-20(18)27)31-24-26-19-12-6-8-14-21(19)28(24)17-9-3-2-4-10-17/h2-5,7,9-11,13,16H,6,8,12,14-15H2,1H3,(H,25,29)/t16-/m0/s1. The minimum atomic E-state index is -0.384. The van der Waals surface area contributed by atoms with Crippen LogP contribution in [-0.2, 0) is 22.4 Å². The van der Waals surface area contributed by atoms with Crippen LogP contribution in [0.5, 0.6) is 0 Å². The molecule has 0 radical (unpaired) electrons. The molecule has 158 valence electrons. The van der Waals surface area contributed by atoms with Crippen LogP contribution in [0.3, 0.4) is 0 Å². The summed E-state index contributed by atoms with van der Waals surface area (Å²) in [4.78, 5) is 32.1. The molecule has 2 aromatic carbocycles. The maximum Gasteiger partial charge on any atom is 0.244 e. The molecule has 0 unspecified atom stereocenters. The molecule has 2 amide bonds. The average Bonchev–Trinajstić information content (AvgIpc) is 3.16. The van der Waals surface area contributed by atoms with E-state index in [-0.39, 0.29) is 23.6 Å². The molecule has 0 fully saturated rings. The zero-order valence-electron chi connectivity index (χ0n) is 17.4. The number of hydrogen-bond donors (Lipinski definition) is 1. The van der Waals surface area contributed by atoms with Crippen LogP contribution < -0.4 is 10.2 Å². The van der Waals surface area contributed by atoms with Crippen LogP contribution in [0.2, 0.25) is 0 Å². The van der Waals surface area contributed by atoms with Gasteiger partial charge in [-0.15, -0.1) is 0 Å². The third-order valence-electron chi connectivity index (χ3n) is 5.78. The smallest absolute Gasteiger partial charge is 0.244 e. The fourth-order valence-electron chi connectivity index (χ4n) is 4.30. The number of anilines is 2. The number of para-hydroxylation sites is 3. The molecule has 5 rings (SSSR count). The molecule has 2 aliphatic rings. The Morgan fingerprint density at radius 1 is 1.06 bits per heavy atom. The van der Waals surface area contributed by atoms with Crippen molar-refractivity contribution in [2.24, 2.45) is 0 Å². The quantitative estimate of drug-likeness (QED) is 0.627. The first kappa shape index (κ1) is 19.9. The van der Waals surface area contributed by atoms with E-state index in [1.807, 2.05) is 49.4 Å². The molecule has 3 aromatic rings. The second-order valence-electron chi connectivity index (χ2n) is 7.92. The first-order valence-corrected chi connectivity index (χ1v) is 11.5. The summed E-state index contributed by atoms with van der Waals surface area (Å²) in [5, 5.41) is 3.30. The molecule has 1 atom stereocenters. The van der Waals surface area contributed by atoms with E-state index in [1.54, 1.807) is 4.90 Å². The first-order chi connectivity index (χ1) is 15.1. The first-order valence-electron chi connectivity index (χ1n) is 10.6. The van der Waals surface area contributed by atoms with E-state index in [4.69, 9.17) is 4.98 Å². The predicted molar refractivity (Wildman–Crippen MR) is 123 cm³/mol. The Kier molecular flexibility index (Phi) is 5.28. The van der Waals surface area contributed by atoms with E-state index in [2.05, 4.69) is 22.0 Å². The van der Waals surface area contributed by atoms with Gasteiger partial charge in [0.2, 0.25) is 11.8 Å². The minimum Gasteiger partial charge on any atom is -0.323 e. The largest absolute Gasteiger partial charge is 0.323 e. The van der Waals surface area contributed by atoms with Crippen molar-refractivity contribution in [3.63, 3.8) is 0 Å². The van der Waals surface area contributed by atoms with E-state index < -0.39 is 0 Å². The number of carbonyl (C=O) groups is 2. The van der Waals surface area contributed by atoms with Crippen LogP contribution in [0.1, 0.15) is 31.2 Å². The van der Waals surface area contributed by atoms with Gasteiger partial charge in [-0.3, -0.25) is 19.1 Å². The monoisotopic (exact) mass is 432 g/mol. The molecule has 6 nitrogen and oxygen atoms in total. The highest BCUT2D eigenvalue weighted by Crippen LogP contribution is 2.35. The SMILES string of the molecule is C[C@H](Sc1nc2c(n1-c1ccccc1)CCCC2)C(=O)N1CC(=O)Nc2ccccc21. The Hall–Kier alpha value is -3.06. The summed E-state index contributed by atoms with van der Waals surface area (Å²) in [6, 6.07) is 17.6. The molecule has 31 heavy (non-hydrogen) atoms. The lowest BCUT2D eigenvalue weighted by atomic mass is 10.0. The highest BCUT2D eigenvalue weighted by Gasteiger charge is 2.31. The second-order valence-corrected chi connectivity index (χ2v) is 9.22. The Bertz CT molecular complexity index is 1140. The third kappa shape index (κ3) is 3.74. The number of rotatable bonds is 4. The van der Waals surface area contributed by atoms with Crippen LogP contribution in [0.25, 0.3) is 5.69 Å². The summed E-state index contributed by atoms with van der Waals surface area (Å²) in [6.45, 7) is 1.93. The van der Waals surface area contributed by atoms with E-state index in [9.17, 15) is 9.59 Å². The Balaban J connectivity index is 1.46. The molecule has 1 N–H and O–H groups in total. The topological polar surface area (TPSA) is 67.2 Å². The number of amides is 2. The lowest BCUT2D eigenvalue weighted by Crippen LogP contribution is -2.45. The normalized spacial score (nSPS) is 16.3. The Labute approximate surface area is 185 Å². The number of aromatic nitrogens is 2. The van der Waals surface area contributed by atoms with E-state index in [0.29, 0.717) is 5.69 Å². The molecule has 0 saturated carbocycles. The highest BCUT2D eigenvalue weighted by molar-refractivity contribution is 8.00. The van der Waals surface area contributed by atoms with Gasteiger partial charge in [-0.05, 0) is 56.9 Å². The van der Waals surface area contributed by atoms with Gasteiger partial charge in [0.05, 0.1) is 22.3 Å². The minimum absolute atomic E-state index is 0.0321. The second kappa shape index (κ2) is 8.23. The van der Waals surface area contributed by atoms with Crippen LogP contribution in [0.15, 0.2) is 59.8 Å². The summed E-state index contributed by atoms with van der Waals surface area (Å²) < 4.78 is 2.21. The van der Waals surface area contributed by atoms with Gasteiger partial charge < -0.3 is 5.32 Å². The molecule has 0 saturated heterocycles. The van der Waals surface area contributed by atoms with Crippen LogP contribution in [0, 0.1) is 0 Å². The highest BCUT2D eigenvalue weighted by atomic mass is 32.2. The van der Waals surface area contributed by atoms with Crippen molar-refractivity contribution in [2.75, 3.05) is 16.8 Å². The number of fused-ring (bicyclic) bond motifs is 2. The lowest BCUT2D eigenvalue weighted by Gasteiger charge is -2.30. The number of nitrogens with one attached hydrogen (secondary N) is 1. The van der Waals surface area contributed by atoms with Crippen molar-refractivity contribution in [1.82, 2.24) is 9.55 Å². The average molecular weight is 433 g/mol. The number of hydrogen-bond acceptors (Lipinski definition) is 4. The number of aryl methyl sites for hydroxylation is 1. The fourth-order valence-corrected chi connectivity index (χ4v) is 5.32. The zero-order valence-corrected chi connectivity index (χ0v) is 18.2. The number of benzene rings is 2. The van der Waals surface area contributed by atoms with Crippen LogP contribution in [0.4, 0.5) is 11.4 Å². The molecule has 1 aliphatic heterocycles. The van der Waals surface area contributed by atoms with Gasteiger partial charge in [0.25, 0.3) is 0 Å². The van der Waals surface area contributed by atoms with Gasteiger partial charge in [0, 0.05) is 11.4 Å². The summed E-state index contributed by atoms with van der Waals surface area (Å²) in [6.07, 6.45) is 4.28. The molecule has 0 spiro atoms. The van der Waals surface area contributed by atoms with E-state index >= 15 is 0 Å². The van der Waals surface area contributed by atoms with Crippen molar-refractivity contribution in [2.45, 2.75) is 43.0 Å². The van der Waals surface area contributed by atoms with Crippen molar-refractivity contribution < 1.29 is 9.59 Å².